The van der Waals surface area contributed by atoms with Gasteiger partial charge < -0.3 is 4.57 Å². The zero-order chi connectivity index (χ0) is 13.7. The number of amides is 1. The highest BCUT2D eigenvalue weighted by Crippen LogP contribution is 2.10. The second-order valence-corrected chi connectivity index (χ2v) is 4.36. The molecule has 2 N–H and O–H groups in total. The summed E-state index contributed by atoms with van der Waals surface area (Å²) < 4.78 is 2.03. The maximum Gasteiger partial charge on any atom is 0.267 e. The Hall–Kier alpha value is -2.33. The smallest absolute Gasteiger partial charge is 0.267 e. The van der Waals surface area contributed by atoms with Gasteiger partial charge in [0.25, 0.3) is 5.91 Å². The average molecular weight is 256 g/mol. The van der Waals surface area contributed by atoms with Crippen molar-refractivity contribution < 1.29 is 10.0 Å². The van der Waals surface area contributed by atoms with Crippen LogP contribution >= 0.6 is 0 Å². The van der Waals surface area contributed by atoms with Crippen LogP contribution in [-0.2, 0) is 11.3 Å². The van der Waals surface area contributed by atoms with Crippen LogP contribution in [0, 0.1) is 6.92 Å². The minimum Gasteiger partial charge on any atom is -0.344 e. The maximum atomic E-state index is 11.0. The molecule has 1 amide bonds. The highest BCUT2D eigenvalue weighted by molar-refractivity contribution is 5.90. The fourth-order valence-electron chi connectivity index (χ4n) is 1.81. The van der Waals surface area contributed by atoms with E-state index in [1.54, 1.807) is 11.6 Å². The molecule has 0 saturated heterocycles. The summed E-state index contributed by atoms with van der Waals surface area (Å²) in [6.07, 6.45) is 4.91. The van der Waals surface area contributed by atoms with Crippen molar-refractivity contribution in [3.05, 3.63) is 65.5 Å². The molecule has 2 rings (SSSR count). The summed E-state index contributed by atoms with van der Waals surface area (Å²) in [4.78, 5) is 11.0. The van der Waals surface area contributed by atoms with Crippen LogP contribution in [0.3, 0.4) is 0 Å². The second kappa shape index (κ2) is 6.02. The van der Waals surface area contributed by atoms with Gasteiger partial charge in [-0.1, -0.05) is 29.8 Å². The van der Waals surface area contributed by atoms with Crippen molar-refractivity contribution in [3.8, 4) is 0 Å². The minimum absolute atomic E-state index is 0.539. The first-order valence-electron chi connectivity index (χ1n) is 6.02. The molecule has 2 aromatic rings. The Labute approximate surface area is 112 Å². The number of aromatic nitrogens is 1. The Kier molecular flexibility index (Phi) is 4.15. The van der Waals surface area contributed by atoms with Crippen molar-refractivity contribution in [2.45, 2.75) is 13.5 Å². The summed E-state index contributed by atoms with van der Waals surface area (Å²) in [5.74, 6) is -0.539. The lowest BCUT2D eigenvalue weighted by Gasteiger charge is -2.07. The third kappa shape index (κ3) is 3.56. The first-order valence-corrected chi connectivity index (χ1v) is 6.02. The lowest BCUT2D eigenvalue weighted by Crippen LogP contribution is -2.15. The molecular formula is C15H16N2O2. The van der Waals surface area contributed by atoms with E-state index < -0.39 is 5.91 Å². The number of nitrogens with zero attached hydrogens (tertiary/aromatic N) is 1. The van der Waals surface area contributed by atoms with Crippen LogP contribution < -0.4 is 5.48 Å². The third-order valence-electron chi connectivity index (χ3n) is 2.85. The van der Waals surface area contributed by atoms with E-state index >= 15 is 0 Å². The zero-order valence-corrected chi connectivity index (χ0v) is 10.7. The molecule has 1 aromatic heterocycles. The van der Waals surface area contributed by atoms with Crippen molar-refractivity contribution in [2.75, 3.05) is 0 Å². The highest BCUT2D eigenvalue weighted by Gasteiger charge is 2.00. The van der Waals surface area contributed by atoms with Gasteiger partial charge in [-0.15, -0.1) is 0 Å². The fourth-order valence-corrected chi connectivity index (χ4v) is 1.81. The SMILES string of the molecule is Cc1ccc(Cn2cccc2/C=C/C(=O)NO)cc1. The molecule has 4 nitrogen and oxygen atoms in total. The Morgan fingerprint density at radius 3 is 2.74 bits per heavy atom. The van der Waals surface area contributed by atoms with Crippen LogP contribution in [0.25, 0.3) is 6.08 Å². The number of hydroxylamine groups is 1. The van der Waals surface area contributed by atoms with Crippen molar-refractivity contribution in [3.63, 3.8) is 0 Å². The molecule has 0 radical (unpaired) electrons. The summed E-state index contributed by atoms with van der Waals surface area (Å²) in [5.41, 5.74) is 4.90. The Morgan fingerprint density at radius 1 is 1.32 bits per heavy atom. The van der Waals surface area contributed by atoms with E-state index in [9.17, 15) is 4.79 Å². The third-order valence-corrected chi connectivity index (χ3v) is 2.85. The van der Waals surface area contributed by atoms with E-state index in [2.05, 4.69) is 31.2 Å². The van der Waals surface area contributed by atoms with Crippen molar-refractivity contribution in [1.82, 2.24) is 10.0 Å². The van der Waals surface area contributed by atoms with Crippen LogP contribution in [-0.4, -0.2) is 15.7 Å². The van der Waals surface area contributed by atoms with Crippen molar-refractivity contribution in [2.24, 2.45) is 0 Å². The predicted octanol–water partition coefficient (Wildman–Crippen LogP) is 2.36. The van der Waals surface area contributed by atoms with Crippen LogP contribution in [0.15, 0.2) is 48.7 Å². The molecule has 0 fully saturated rings. The van der Waals surface area contributed by atoms with Crippen LogP contribution in [0.1, 0.15) is 16.8 Å². The van der Waals surface area contributed by atoms with E-state index in [-0.39, 0.29) is 0 Å². The molecule has 0 saturated carbocycles. The van der Waals surface area contributed by atoms with Gasteiger partial charge in [0, 0.05) is 24.5 Å². The Balaban J connectivity index is 2.13. The van der Waals surface area contributed by atoms with E-state index in [1.165, 1.54) is 17.2 Å². The molecule has 1 heterocycles. The number of carbonyl (C=O) groups excluding carboxylic acids is 1. The number of hydrogen-bond acceptors (Lipinski definition) is 2. The monoisotopic (exact) mass is 256 g/mol. The molecule has 0 bridgehead atoms. The Bertz CT molecular complexity index is 582. The standard InChI is InChI=1S/C15H16N2O2/c1-12-4-6-13(7-5-12)11-17-10-2-3-14(17)8-9-15(18)16-19/h2-10,19H,11H2,1H3,(H,16,18)/b9-8+. The topological polar surface area (TPSA) is 54.3 Å². The van der Waals surface area contributed by atoms with Gasteiger partial charge in [-0.2, -0.15) is 0 Å². The molecule has 0 aliphatic carbocycles. The van der Waals surface area contributed by atoms with Gasteiger partial charge in [-0.25, -0.2) is 5.48 Å². The lowest BCUT2D eigenvalue weighted by atomic mass is 10.1. The molecule has 4 heteroatoms. The lowest BCUT2D eigenvalue weighted by molar-refractivity contribution is -0.124. The summed E-state index contributed by atoms with van der Waals surface area (Å²) in [5, 5.41) is 8.44. The number of carbonyl (C=O) groups is 1. The maximum absolute atomic E-state index is 11.0. The van der Waals surface area contributed by atoms with Gasteiger partial charge in [0.05, 0.1) is 0 Å². The molecular weight excluding hydrogens is 240 g/mol. The van der Waals surface area contributed by atoms with E-state index in [4.69, 9.17) is 5.21 Å². The zero-order valence-electron chi connectivity index (χ0n) is 10.7. The first kappa shape index (κ1) is 13.1. The molecule has 0 aliphatic heterocycles. The molecule has 98 valence electrons. The largest absolute Gasteiger partial charge is 0.344 e. The van der Waals surface area contributed by atoms with Crippen molar-refractivity contribution >= 4 is 12.0 Å². The van der Waals surface area contributed by atoms with Gasteiger partial charge in [-0.05, 0) is 30.7 Å². The number of benzene rings is 1. The normalized spacial score (nSPS) is 10.8. The first-order chi connectivity index (χ1) is 9.19. The molecule has 19 heavy (non-hydrogen) atoms. The minimum atomic E-state index is -0.539. The summed E-state index contributed by atoms with van der Waals surface area (Å²) in [6, 6.07) is 12.2. The fraction of sp³-hybridized carbons (Fsp3) is 0.133. The van der Waals surface area contributed by atoms with Gasteiger partial charge in [-0.3, -0.25) is 10.0 Å². The van der Waals surface area contributed by atoms with Gasteiger partial charge >= 0.3 is 0 Å². The second-order valence-electron chi connectivity index (χ2n) is 4.36. The molecule has 0 atom stereocenters. The van der Waals surface area contributed by atoms with Crippen LogP contribution in [0.2, 0.25) is 0 Å². The predicted molar refractivity (Wildman–Crippen MR) is 73.7 cm³/mol. The summed E-state index contributed by atoms with van der Waals surface area (Å²) in [7, 11) is 0. The van der Waals surface area contributed by atoms with Gasteiger partial charge in [0.2, 0.25) is 0 Å². The number of aryl methyl sites for hydroxylation is 1. The summed E-state index contributed by atoms with van der Waals surface area (Å²) >= 11 is 0. The van der Waals surface area contributed by atoms with Gasteiger partial charge in [0.15, 0.2) is 0 Å². The number of rotatable bonds is 4. The van der Waals surface area contributed by atoms with Crippen molar-refractivity contribution in [1.29, 1.82) is 0 Å². The molecule has 0 aliphatic rings. The quantitative estimate of drug-likeness (QED) is 0.501. The van der Waals surface area contributed by atoms with Gasteiger partial charge in [0.1, 0.15) is 0 Å². The Morgan fingerprint density at radius 2 is 2.05 bits per heavy atom. The number of nitrogens with one attached hydrogen (secondary N) is 1. The number of hydrogen-bond donors (Lipinski definition) is 2. The van der Waals surface area contributed by atoms with Crippen LogP contribution in [0.5, 0.6) is 0 Å². The molecule has 0 unspecified atom stereocenters. The van der Waals surface area contributed by atoms with E-state index in [0.717, 1.165) is 12.2 Å². The highest BCUT2D eigenvalue weighted by atomic mass is 16.5. The molecule has 1 aromatic carbocycles. The van der Waals surface area contributed by atoms with E-state index in [0.29, 0.717) is 0 Å². The average Bonchev–Trinajstić information content (AvgIpc) is 2.86. The van der Waals surface area contributed by atoms with Crippen LogP contribution in [0.4, 0.5) is 0 Å². The molecule has 0 spiro atoms. The van der Waals surface area contributed by atoms with E-state index in [1.807, 2.05) is 22.9 Å². The summed E-state index contributed by atoms with van der Waals surface area (Å²) in [6.45, 7) is 2.80.